The van der Waals surface area contributed by atoms with Crippen LogP contribution in [0.1, 0.15) is 35.8 Å². The van der Waals surface area contributed by atoms with Crippen molar-refractivity contribution in [2.45, 2.75) is 26.1 Å². The molecule has 100 valence electrons. The minimum Gasteiger partial charge on any atom is -0.385 e. The van der Waals surface area contributed by atoms with Crippen LogP contribution in [0, 0.1) is 6.92 Å². The van der Waals surface area contributed by atoms with E-state index in [9.17, 15) is 5.11 Å². The molecule has 0 amide bonds. The Morgan fingerprint density at radius 2 is 1.95 bits per heavy atom. The number of hydrogen-bond acceptors (Lipinski definition) is 3. The third-order valence-corrected chi connectivity index (χ3v) is 3.16. The normalized spacial score (nSPS) is 14.1. The smallest absolute Gasteiger partial charge is 0.113 e. The Hall–Kier alpha value is -1.71. The fourth-order valence-electron chi connectivity index (χ4n) is 2.14. The average molecular weight is 257 g/mol. The van der Waals surface area contributed by atoms with E-state index >= 15 is 0 Å². The molecule has 0 radical (unpaired) electrons. The highest BCUT2D eigenvalue weighted by atomic mass is 16.5. The molecule has 0 spiro atoms. The van der Waals surface area contributed by atoms with E-state index in [1.807, 2.05) is 50.2 Å². The third kappa shape index (κ3) is 3.19. The predicted molar refractivity (Wildman–Crippen MR) is 74.7 cm³/mol. The zero-order chi connectivity index (χ0) is 13.7. The highest BCUT2D eigenvalue weighted by Crippen LogP contribution is 2.32. The Morgan fingerprint density at radius 3 is 2.58 bits per heavy atom. The molecule has 0 aliphatic carbocycles. The highest BCUT2D eigenvalue weighted by molar-refractivity contribution is 5.28. The van der Waals surface area contributed by atoms with Gasteiger partial charge in [-0.25, -0.2) is 0 Å². The maximum Gasteiger partial charge on any atom is 0.113 e. The summed E-state index contributed by atoms with van der Waals surface area (Å²) in [6.45, 7) is 4.45. The van der Waals surface area contributed by atoms with Crippen LogP contribution < -0.4 is 0 Å². The van der Waals surface area contributed by atoms with Crippen LogP contribution in [0.3, 0.4) is 0 Å². The molecule has 2 unspecified atom stereocenters. The lowest BCUT2D eigenvalue weighted by Gasteiger charge is -2.24. The molecule has 1 heterocycles. The van der Waals surface area contributed by atoms with Gasteiger partial charge in [0.2, 0.25) is 0 Å². The summed E-state index contributed by atoms with van der Waals surface area (Å²) in [6.07, 6.45) is 2.35. The number of rotatable bonds is 5. The molecule has 2 rings (SSSR count). The quantitative estimate of drug-likeness (QED) is 0.894. The van der Waals surface area contributed by atoms with Gasteiger partial charge in [0.05, 0.1) is 0 Å². The molecule has 1 aromatic heterocycles. The summed E-state index contributed by atoms with van der Waals surface area (Å²) in [5.74, 6) is 0. The molecule has 19 heavy (non-hydrogen) atoms. The van der Waals surface area contributed by atoms with Gasteiger partial charge in [0.15, 0.2) is 0 Å². The maximum atomic E-state index is 10.6. The molecule has 0 saturated heterocycles. The van der Waals surface area contributed by atoms with E-state index in [2.05, 4.69) is 4.98 Å². The largest absolute Gasteiger partial charge is 0.385 e. The van der Waals surface area contributed by atoms with Crippen LogP contribution in [0.15, 0.2) is 48.8 Å². The van der Waals surface area contributed by atoms with Crippen molar-refractivity contribution in [2.24, 2.45) is 0 Å². The summed E-state index contributed by atoms with van der Waals surface area (Å²) < 4.78 is 5.72. The summed E-state index contributed by atoms with van der Waals surface area (Å²) in [7, 11) is 0. The summed E-state index contributed by atoms with van der Waals surface area (Å²) in [4.78, 5) is 4.09. The monoisotopic (exact) mass is 257 g/mol. The first kappa shape index (κ1) is 13.7. The zero-order valence-corrected chi connectivity index (χ0v) is 11.3. The van der Waals surface area contributed by atoms with Crippen molar-refractivity contribution < 1.29 is 9.84 Å². The summed E-state index contributed by atoms with van der Waals surface area (Å²) >= 11 is 0. The summed E-state index contributed by atoms with van der Waals surface area (Å²) in [5, 5.41) is 10.6. The van der Waals surface area contributed by atoms with E-state index in [1.165, 1.54) is 0 Å². The molecular formula is C16H19NO2. The lowest BCUT2D eigenvalue weighted by molar-refractivity contribution is -0.0365. The van der Waals surface area contributed by atoms with Crippen molar-refractivity contribution in [1.82, 2.24) is 4.98 Å². The van der Waals surface area contributed by atoms with E-state index in [0.29, 0.717) is 6.61 Å². The molecule has 2 atom stereocenters. The van der Waals surface area contributed by atoms with Crippen molar-refractivity contribution in [3.8, 4) is 0 Å². The first-order valence-corrected chi connectivity index (χ1v) is 6.49. The summed E-state index contributed by atoms with van der Waals surface area (Å²) in [6, 6.07) is 11.7. The van der Waals surface area contributed by atoms with Gasteiger partial charge in [0.1, 0.15) is 12.2 Å². The van der Waals surface area contributed by atoms with Gasteiger partial charge in [-0.1, -0.05) is 30.3 Å². The van der Waals surface area contributed by atoms with Crippen LogP contribution >= 0.6 is 0 Å². The standard InChI is InChI=1S/C16H19NO2/c1-3-19-16(13-7-5-4-6-8-13)15(18)14-11-17-10-9-12(14)2/h4-11,15-16,18H,3H2,1-2H3. The van der Waals surface area contributed by atoms with Crippen LogP contribution in [-0.2, 0) is 4.74 Å². The summed E-state index contributed by atoms with van der Waals surface area (Å²) in [5.41, 5.74) is 2.80. The second-order valence-electron chi connectivity index (χ2n) is 4.46. The van der Waals surface area contributed by atoms with Gasteiger partial charge in [-0.3, -0.25) is 4.98 Å². The van der Waals surface area contributed by atoms with E-state index in [-0.39, 0.29) is 6.10 Å². The Morgan fingerprint density at radius 1 is 1.21 bits per heavy atom. The lowest BCUT2D eigenvalue weighted by atomic mass is 9.96. The highest BCUT2D eigenvalue weighted by Gasteiger charge is 2.24. The zero-order valence-electron chi connectivity index (χ0n) is 11.3. The number of ether oxygens (including phenoxy) is 1. The van der Waals surface area contributed by atoms with Crippen LogP contribution in [-0.4, -0.2) is 16.7 Å². The fraction of sp³-hybridized carbons (Fsp3) is 0.312. The van der Waals surface area contributed by atoms with E-state index in [0.717, 1.165) is 16.7 Å². The molecule has 3 heteroatoms. The Bertz CT molecular complexity index is 513. The third-order valence-electron chi connectivity index (χ3n) is 3.16. The molecule has 2 aromatic rings. The number of nitrogens with zero attached hydrogens (tertiary/aromatic N) is 1. The van der Waals surface area contributed by atoms with Gasteiger partial charge in [0.25, 0.3) is 0 Å². The maximum absolute atomic E-state index is 10.6. The van der Waals surface area contributed by atoms with Crippen molar-refractivity contribution >= 4 is 0 Å². The van der Waals surface area contributed by atoms with Crippen LogP contribution in [0.4, 0.5) is 0 Å². The number of aromatic nitrogens is 1. The van der Waals surface area contributed by atoms with Crippen molar-refractivity contribution in [1.29, 1.82) is 0 Å². The Kier molecular flexibility index (Phi) is 4.66. The topological polar surface area (TPSA) is 42.4 Å². The lowest BCUT2D eigenvalue weighted by Crippen LogP contribution is -2.15. The van der Waals surface area contributed by atoms with Crippen molar-refractivity contribution in [3.63, 3.8) is 0 Å². The van der Waals surface area contributed by atoms with Gasteiger partial charge in [-0.05, 0) is 31.0 Å². The number of aliphatic hydroxyl groups excluding tert-OH is 1. The number of benzene rings is 1. The molecule has 0 aliphatic rings. The molecule has 0 fully saturated rings. The number of pyridine rings is 1. The molecule has 1 N–H and O–H groups in total. The second-order valence-corrected chi connectivity index (χ2v) is 4.46. The Balaban J connectivity index is 2.32. The Labute approximate surface area is 113 Å². The molecule has 3 nitrogen and oxygen atoms in total. The van der Waals surface area contributed by atoms with Crippen molar-refractivity contribution in [3.05, 3.63) is 65.5 Å². The minimum absolute atomic E-state index is 0.367. The first-order valence-electron chi connectivity index (χ1n) is 6.49. The van der Waals surface area contributed by atoms with E-state index in [4.69, 9.17) is 4.74 Å². The average Bonchev–Trinajstić information content (AvgIpc) is 2.45. The SMILES string of the molecule is CCOC(c1ccccc1)C(O)c1cnccc1C. The van der Waals surface area contributed by atoms with Crippen LogP contribution in [0.5, 0.6) is 0 Å². The van der Waals surface area contributed by atoms with E-state index in [1.54, 1.807) is 12.4 Å². The first-order chi connectivity index (χ1) is 9.24. The molecule has 0 bridgehead atoms. The predicted octanol–water partition coefficient (Wildman–Crippen LogP) is 3.20. The van der Waals surface area contributed by atoms with Gasteiger partial charge < -0.3 is 9.84 Å². The number of aliphatic hydroxyl groups is 1. The number of hydrogen-bond donors (Lipinski definition) is 1. The molecule has 1 aromatic carbocycles. The number of aryl methyl sites for hydroxylation is 1. The fourth-order valence-corrected chi connectivity index (χ4v) is 2.14. The van der Waals surface area contributed by atoms with Crippen LogP contribution in [0.25, 0.3) is 0 Å². The van der Waals surface area contributed by atoms with Gasteiger partial charge in [-0.2, -0.15) is 0 Å². The molecule has 0 saturated carbocycles. The minimum atomic E-state index is -0.712. The van der Waals surface area contributed by atoms with Crippen molar-refractivity contribution in [2.75, 3.05) is 6.61 Å². The van der Waals surface area contributed by atoms with Gasteiger partial charge in [-0.15, -0.1) is 0 Å². The second kappa shape index (κ2) is 6.45. The van der Waals surface area contributed by atoms with Gasteiger partial charge >= 0.3 is 0 Å². The van der Waals surface area contributed by atoms with E-state index < -0.39 is 6.10 Å². The molecular weight excluding hydrogens is 238 g/mol. The van der Waals surface area contributed by atoms with Gasteiger partial charge in [0, 0.05) is 24.6 Å². The molecule has 0 aliphatic heterocycles. The van der Waals surface area contributed by atoms with Crippen LogP contribution in [0.2, 0.25) is 0 Å².